The van der Waals surface area contributed by atoms with Crippen LogP contribution in [0.2, 0.25) is 0 Å². The van der Waals surface area contributed by atoms with Gasteiger partial charge in [-0.3, -0.25) is 19.3 Å². The maximum atomic E-state index is 13.7. The number of rotatable bonds is 8. The van der Waals surface area contributed by atoms with E-state index in [0.29, 0.717) is 16.5 Å². The van der Waals surface area contributed by atoms with Crippen LogP contribution >= 0.6 is 0 Å². The Labute approximate surface area is 236 Å². The summed E-state index contributed by atoms with van der Waals surface area (Å²) >= 11 is 0. The number of carbonyl (C=O) groups is 4. The van der Waals surface area contributed by atoms with Crippen molar-refractivity contribution in [2.45, 2.75) is 37.2 Å². The van der Waals surface area contributed by atoms with E-state index in [2.05, 4.69) is 5.32 Å². The summed E-state index contributed by atoms with van der Waals surface area (Å²) in [6.07, 6.45) is 1.20. The molecule has 11 heteroatoms. The summed E-state index contributed by atoms with van der Waals surface area (Å²) < 4.78 is 33.2. The summed E-state index contributed by atoms with van der Waals surface area (Å²) in [6, 6.07) is 17.0. The third-order valence-electron chi connectivity index (χ3n) is 7.10. The highest BCUT2D eigenvalue weighted by molar-refractivity contribution is 7.90. The number of nitrogens with one attached hydrogen (secondary N) is 1. The Kier molecular flexibility index (Phi) is 7.22. The Balaban J connectivity index is 1.60. The van der Waals surface area contributed by atoms with Crippen LogP contribution in [0.1, 0.15) is 38.8 Å². The Bertz CT molecular complexity index is 1770. The molecule has 4 aromatic rings. The molecular formula is C30H27N3O7S. The lowest BCUT2D eigenvalue weighted by Crippen LogP contribution is -2.53. The Morgan fingerprint density at radius 3 is 2.10 bits per heavy atom. The number of hydrogen-bond acceptors (Lipinski definition) is 7. The summed E-state index contributed by atoms with van der Waals surface area (Å²) in [7, 11) is -2.85. The molecule has 1 aliphatic rings. The molecule has 0 aliphatic carbocycles. The standard InChI is InChI=1S/C30H27N3O7S/c1-18-12-14-21(15-13-18)41(38,39)32-17-20(22-8-6-7-11-25(22)32)16-26(27(34)31-19(2)30(37)40-3)33-28(35)23-9-4-5-10-24(23)29(33)36/h4-15,17,19,26H,16H2,1-3H3,(H,31,34)/t19-,26+/m0/s1. The highest BCUT2D eigenvalue weighted by Gasteiger charge is 2.43. The van der Waals surface area contributed by atoms with Crippen LogP contribution in [0.25, 0.3) is 10.9 Å². The number of methoxy groups -OCH3 is 1. The van der Waals surface area contributed by atoms with Crippen molar-refractivity contribution < 1.29 is 32.3 Å². The van der Waals surface area contributed by atoms with Gasteiger partial charge in [0.05, 0.1) is 28.6 Å². The van der Waals surface area contributed by atoms with Crippen molar-refractivity contribution in [2.75, 3.05) is 7.11 Å². The molecule has 3 aromatic carbocycles. The van der Waals surface area contributed by atoms with E-state index < -0.39 is 45.8 Å². The third kappa shape index (κ3) is 4.89. The maximum absolute atomic E-state index is 13.7. The van der Waals surface area contributed by atoms with E-state index in [1.807, 2.05) is 6.92 Å². The second-order valence-corrected chi connectivity index (χ2v) is 11.6. The second-order valence-electron chi connectivity index (χ2n) is 9.78. The molecule has 1 N–H and O–H groups in total. The SMILES string of the molecule is COC(=O)[C@H](C)NC(=O)[C@@H](Cc1cn(S(=O)(=O)c2ccc(C)cc2)c2ccccc12)N1C(=O)c2ccccc2C1=O. The number of nitrogens with zero attached hydrogens (tertiary/aromatic N) is 2. The molecule has 3 amide bonds. The number of para-hydroxylation sites is 1. The minimum atomic E-state index is -4.03. The predicted molar refractivity (Wildman–Crippen MR) is 150 cm³/mol. The first-order valence-corrected chi connectivity index (χ1v) is 14.2. The third-order valence-corrected chi connectivity index (χ3v) is 8.79. The summed E-state index contributed by atoms with van der Waals surface area (Å²) in [5.74, 6) is -2.80. The van der Waals surface area contributed by atoms with Gasteiger partial charge in [0.2, 0.25) is 5.91 Å². The van der Waals surface area contributed by atoms with Crippen molar-refractivity contribution in [3.8, 4) is 0 Å². The number of esters is 1. The topological polar surface area (TPSA) is 132 Å². The smallest absolute Gasteiger partial charge is 0.328 e. The first-order chi connectivity index (χ1) is 19.5. The molecule has 0 saturated carbocycles. The average Bonchev–Trinajstić information content (AvgIpc) is 3.46. The van der Waals surface area contributed by atoms with Crippen LogP contribution in [0.15, 0.2) is 83.9 Å². The maximum Gasteiger partial charge on any atom is 0.328 e. The predicted octanol–water partition coefficient (Wildman–Crippen LogP) is 3.07. The van der Waals surface area contributed by atoms with Gasteiger partial charge in [0.25, 0.3) is 21.8 Å². The van der Waals surface area contributed by atoms with Crippen molar-refractivity contribution in [3.63, 3.8) is 0 Å². The van der Waals surface area contributed by atoms with E-state index in [-0.39, 0.29) is 22.4 Å². The van der Waals surface area contributed by atoms with E-state index in [4.69, 9.17) is 4.74 Å². The largest absolute Gasteiger partial charge is 0.467 e. The minimum absolute atomic E-state index is 0.0805. The number of imide groups is 1. The fourth-order valence-electron chi connectivity index (χ4n) is 4.95. The average molecular weight is 574 g/mol. The molecule has 0 fully saturated rings. The number of carbonyl (C=O) groups excluding carboxylic acids is 4. The van der Waals surface area contributed by atoms with E-state index in [1.165, 1.54) is 44.5 Å². The van der Waals surface area contributed by atoms with Crippen molar-refractivity contribution in [2.24, 2.45) is 0 Å². The molecule has 1 aliphatic heterocycles. The van der Waals surface area contributed by atoms with E-state index >= 15 is 0 Å². The Hall–Kier alpha value is -4.77. The van der Waals surface area contributed by atoms with Crippen LogP contribution in [0, 0.1) is 6.92 Å². The molecule has 41 heavy (non-hydrogen) atoms. The summed E-state index contributed by atoms with van der Waals surface area (Å²) in [5.41, 5.74) is 1.99. The zero-order chi connectivity index (χ0) is 29.5. The lowest BCUT2D eigenvalue weighted by atomic mass is 10.0. The number of benzene rings is 3. The lowest BCUT2D eigenvalue weighted by Gasteiger charge is -2.26. The number of amides is 3. The van der Waals surface area contributed by atoms with Gasteiger partial charge in [-0.2, -0.15) is 0 Å². The van der Waals surface area contributed by atoms with Crippen LogP contribution < -0.4 is 5.32 Å². The van der Waals surface area contributed by atoms with Gasteiger partial charge >= 0.3 is 5.97 Å². The Morgan fingerprint density at radius 2 is 1.49 bits per heavy atom. The van der Waals surface area contributed by atoms with Gasteiger partial charge in [-0.15, -0.1) is 0 Å². The summed E-state index contributed by atoms with van der Waals surface area (Å²) in [4.78, 5) is 53.4. The van der Waals surface area contributed by atoms with Gasteiger partial charge in [-0.25, -0.2) is 17.2 Å². The molecule has 0 spiro atoms. The number of hydrogen-bond donors (Lipinski definition) is 1. The van der Waals surface area contributed by atoms with Crippen LogP contribution in [0.3, 0.4) is 0 Å². The van der Waals surface area contributed by atoms with Gasteiger partial charge in [0.1, 0.15) is 12.1 Å². The van der Waals surface area contributed by atoms with Crippen molar-refractivity contribution >= 4 is 44.6 Å². The van der Waals surface area contributed by atoms with Gasteiger partial charge in [0.15, 0.2) is 0 Å². The minimum Gasteiger partial charge on any atom is -0.467 e. The summed E-state index contributed by atoms with van der Waals surface area (Å²) in [5, 5.41) is 3.05. The monoisotopic (exact) mass is 573 g/mol. The van der Waals surface area contributed by atoms with Crippen molar-refractivity contribution in [1.29, 1.82) is 0 Å². The number of fused-ring (bicyclic) bond motifs is 2. The number of aromatic nitrogens is 1. The van der Waals surface area contributed by atoms with Crippen molar-refractivity contribution in [1.82, 2.24) is 14.2 Å². The van der Waals surface area contributed by atoms with Crippen molar-refractivity contribution in [3.05, 3.63) is 101 Å². The molecule has 2 heterocycles. The highest BCUT2D eigenvalue weighted by atomic mass is 32.2. The molecule has 2 atom stereocenters. The zero-order valence-electron chi connectivity index (χ0n) is 22.5. The normalized spacial score (nSPS) is 14.6. The van der Waals surface area contributed by atoms with Crippen LogP contribution in [0.4, 0.5) is 0 Å². The highest BCUT2D eigenvalue weighted by Crippen LogP contribution is 2.30. The van der Waals surface area contributed by atoms with E-state index in [1.54, 1.807) is 48.5 Å². The summed E-state index contributed by atoms with van der Waals surface area (Å²) in [6.45, 7) is 3.27. The molecule has 0 unspecified atom stereocenters. The lowest BCUT2D eigenvalue weighted by molar-refractivity contribution is -0.144. The molecule has 0 bridgehead atoms. The number of aryl methyl sites for hydroxylation is 1. The second kappa shape index (κ2) is 10.7. The van der Waals surface area contributed by atoms with E-state index in [0.717, 1.165) is 14.4 Å². The number of ether oxygens (including phenoxy) is 1. The first kappa shape index (κ1) is 27.8. The molecule has 210 valence electrons. The Morgan fingerprint density at radius 1 is 0.902 bits per heavy atom. The fourth-order valence-corrected chi connectivity index (χ4v) is 6.34. The quantitative estimate of drug-likeness (QED) is 0.253. The zero-order valence-corrected chi connectivity index (χ0v) is 23.3. The molecular weight excluding hydrogens is 546 g/mol. The molecule has 5 rings (SSSR count). The van der Waals surface area contributed by atoms with Gasteiger partial charge in [-0.1, -0.05) is 48.0 Å². The fraction of sp³-hybridized carbons (Fsp3) is 0.200. The van der Waals surface area contributed by atoms with Crippen LogP contribution in [0.5, 0.6) is 0 Å². The molecule has 0 saturated heterocycles. The van der Waals surface area contributed by atoms with Crippen LogP contribution in [-0.2, 0) is 30.8 Å². The molecule has 10 nitrogen and oxygen atoms in total. The first-order valence-electron chi connectivity index (χ1n) is 12.8. The molecule has 1 aromatic heterocycles. The van der Waals surface area contributed by atoms with Gasteiger partial charge < -0.3 is 10.1 Å². The van der Waals surface area contributed by atoms with Gasteiger partial charge in [-0.05, 0) is 49.7 Å². The van der Waals surface area contributed by atoms with Crippen LogP contribution in [-0.4, -0.2) is 60.2 Å². The van der Waals surface area contributed by atoms with E-state index in [9.17, 15) is 27.6 Å². The molecule has 0 radical (unpaired) electrons. The van der Waals surface area contributed by atoms with Gasteiger partial charge in [0, 0.05) is 18.0 Å².